The van der Waals surface area contributed by atoms with Crippen LogP contribution in [0.1, 0.15) is 56.4 Å². The van der Waals surface area contributed by atoms with E-state index in [2.05, 4.69) is 25.8 Å². The van der Waals surface area contributed by atoms with E-state index >= 15 is 0 Å². The maximum atomic E-state index is 12.5. The molecule has 1 N–H and O–H groups in total. The van der Waals surface area contributed by atoms with Gasteiger partial charge in [0.05, 0.1) is 23.7 Å². The van der Waals surface area contributed by atoms with Gasteiger partial charge in [-0.15, -0.1) is 0 Å². The standard InChI is InChI=1S/C18H24N2O3/c1-11-7-13(10-18(2,3)9-11)20-15-6-5-12(16(21)23-4)8-14(15)19-17(20)22/h5-6,8,11,13H,7,9-10H2,1-4H3,(H,19,22)/t11-,13+/m0/s1. The molecule has 23 heavy (non-hydrogen) atoms. The van der Waals surface area contributed by atoms with Crippen LogP contribution in [0.15, 0.2) is 23.0 Å². The van der Waals surface area contributed by atoms with Crippen molar-refractivity contribution in [2.45, 2.75) is 46.1 Å². The van der Waals surface area contributed by atoms with E-state index in [-0.39, 0.29) is 17.1 Å². The summed E-state index contributed by atoms with van der Waals surface area (Å²) >= 11 is 0. The maximum absolute atomic E-state index is 12.5. The Labute approximate surface area is 135 Å². The number of carbonyl (C=O) groups excluding carboxylic acids is 1. The van der Waals surface area contributed by atoms with Gasteiger partial charge in [-0.2, -0.15) is 0 Å². The molecule has 1 aliphatic carbocycles. The van der Waals surface area contributed by atoms with Gasteiger partial charge in [0, 0.05) is 6.04 Å². The highest BCUT2D eigenvalue weighted by Gasteiger charge is 2.34. The summed E-state index contributed by atoms with van der Waals surface area (Å²) in [5, 5.41) is 0. The topological polar surface area (TPSA) is 64.1 Å². The third-order valence-electron chi connectivity index (χ3n) is 4.87. The summed E-state index contributed by atoms with van der Waals surface area (Å²) in [5.41, 5.74) is 2.13. The van der Waals surface area contributed by atoms with Crippen LogP contribution < -0.4 is 5.69 Å². The van der Waals surface area contributed by atoms with E-state index in [9.17, 15) is 9.59 Å². The normalized spacial score (nSPS) is 23.8. The fourth-order valence-electron chi connectivity index (χ4n) is 4.23. The van der Waals surface area contributed by atoms with Crippen molar-refractivity contribution >= 4 is 17.0 Å². The Kier molecular flexibility index (Phi) is 3.82. The van der Waals surface area contributed by atoms with Gasteiger partial charge < -0.3 is 9.72 Å². The summed E-state index contributed by atoms with van der Waals surface area (Å²) in [6, 6.07) is 5.44. The number of ether oxygens (including phenoxy) is 1. The molecule has 0 amide bonds. The fraction of sp³-hybridized carbons (Fsp3) is 0.556. The van der Waals surface area contributed by atoms with Crippen LogP contribution >= 0.6 is 0 Å². The van der Waals surface area contributed by atoms with E-state index in [0.29, 0.717) is 17.0 Å². The Hall–Kier alpha value is -2.04. The number of imidazole rings is 1. The summed E-state index contributed by atoms with van der Waals surface area (Å²) < 4.78 is 6.61. The molecule has 0 radical (unpaired) electrons. The number of hydrogen-bond acceptors (Lipinski definition) is 3. The molecule has 3 rings (SSSR count). The Bertz CT molecular complexity index is 800. The molecule has 0 saturated heterocycles. The van der Waals surface area contributed by atoms with Gasteiger partial charge in [-0.05, 0) is 48.8 Å². The number of benzene rings is 1. The number of aromatic amines is 1. The zero-order valence-corrected chi connectivity index (χ0v) is 14.2. The summed E-state index contributed by atoms with van der Waals surface area (Å²) in [4.78, 5) is 27.0. The molecule has 0 spiro atoms. The first kappa shape index (κ1) is 15.8. The van der Waals surface area contributed by atoms with Crippen LogP contribution in [0.2, 0.25) is 0 Å². The van der Waals surface area contributed by atoms with Crippen molar-refractivity contribution in [1.82, 2.24) is 9.55 Å². The Morgan fingerprint density at radius 3 is 2.74 bits per heavy atom. The zero-order valence-electron chi connectivity index (χ0n) is 14.2. The Morgan fingerprint density at radius 2 is 2.09 bits per heavy atom. The molecular weight excluding hydrogens is 292 g/mol. The molecule has 1 aromatic carbocycles. The summed E-state index contributed by atoms with van der Waals surface area (Å²) in [6.07, 6.45) is 3.19. The molecule has 0 aliphatic heterocycles. The van der Waals surface area contributed by atoms with Crippen molar-refractivity contribution in [2.24, 2.45) is 11.3 Å². The van der Waals surface area contributed by atoms with Gasteiger partial charge in [-0.3, -0.25) is 4.57 Å². The van der Waals surface area contributed by atoms with Gasteiger partial charge in [-0.25, -0.2) is 9.59 Å². The zero-order chi connectivity index (χ0) is 16.8. The minimum absolute atomic E-state index is 0.100. The van der Waals surface area contributed by atoms with Crippen molar-refractivity contribution < 1.29 is 9.53 Å². The number of fused-ring (bicyclic) bond motifs is 1. The minimum Gasteiger partial charge on any atom is -0.465 e. The van der Waals surface area contributed by atoms with Crippen molar-refractivity contribution in [2.75, 3.05) is 7.11 Å². The average molecular weight is 316 g/mol. The lowest BCUT2D eigenvalue weighted by atomic mass is 9.70. The number of carbonyl (C=O) groups is 1. The molecule has 5 heteroatoms. The molecule has 1 fully saturated rings. The van der Waals surface area contributed by atoms with Crippen LogP contribution in [0.3, 0.4) is 0 Å². The smallest absolute Gasteiger partial charge is 0.337 e. The second-order valence-electron chi connectivity index (χ2n) is 7.59. The lowest BCUT2D eigenvalue weighted by Crippen LogP contribution is -2.33. The van der Waals surface area contributed by atoms with E-state index in [1.54, 1.807) is 12.1 Å². The molecule has 0 unspecified atom stereocenters. The average Bonchev–Trinajstić information content (AvgIpc) is 2.79. The van der Waals surface area contributed by atoms with E-state index in [1.807, 2.05) is 10.6 Å². The molecular formula is C18H24N2O3. The number of aromatic nitrogens is 2. The van der Waals surface area contributed by atoms with Crippen molar-refractivity contribution in [3.05, 3.63) is 34.2 Å². The van der Waals surface area contributed by atoms with Gasteiger partial charge >= 0.3 is 11.7 Å². The van der Waals surface area contributed by atoms with Crippen LogP contribution in [0, 0.1) is 11.3 Å². The number of H-pyrrole nitrogens is 1. The van der Waals surface area contributed by atoms with Gasteiger partial charge in [-0.1, -0.05) is 20.8 Å². The molecule has 1 aliphatic rings. The van der Waals surface area contributed by atoms with Crippen molar-refractivity contribution in [3.63, 3.8) is 0 Å². The summed E-state index contributed by atoms with van der Waals surface area (Å²) in [5.74, 6) is 0.197. The number of hydrogen-bond donors (Lipinski definition) is 1. The largest absolute Gasteiger partial charge is 0.465 e. The minimum atomic E-state index is -0.395. The third-order valence-corrected chi connectivity index (χ3v) is 4.87. The second kappa shape index (κ2) is 5.55. The van der Waals surface area contributed by atoms with Crippen molar-refractivity contribution in [3.8, 4) is 0 Å². The first-order valence-corrected chi connectivity index (χ1v) is 8.13. The number of methoxy groups -OCH3 is 1. The first-order chi connectivity index (χ1) is 10.8. The van der Waals surface area contributed by atoms with Gasteiger partial charge in [0.2, 0.25) is 0 Å². The van der Waals surface area contributed by atoms with Crippen LogP contribution in [-0.2, 0) is 4.74 Å². The molecule has 1 heterocycles. The molecule has 0 bridgehead atoms. The third kappa shape index (κ3) is 2.92. The van der Waals surface area contributed by atoms with E-state index in [0.717, 1.165) is 18.4 Å². The van der Waals surface area contributed by atoms with Crippen LogP contribution in [0.4, 0.5) is 0 Å². The summed E-state index contributed by atoms with van der Waals surface area (Å²) in [7, 11) is 1.35. The highest BCUT2D eigenvalue weighted by atomic mass is 16.5. The highest BCUT2D eigenvalue weighted by molar-refractivity contribution is 5.93. The highest BCUT2D eigenvalue weighted by Crippen LogP contribution is 2.44. The molecule has 2 aromatic rings. The molecule has 1 aromatic heterocycles. The van der Waals surface area contributed by atoms with Crippen LogP contribution in [-0.4, -0.2) is 22.6 Å². The Morgan fingerprint density at radius 1 is 1.35 bits per heavy atom. The monoisotopic (exact) mass is 316 g/mol. The summed E-state index contributed by atoms with van der Waals surface area (Å²) in [6.45, 7) is 6.79. The maximum Gasteiger partial charge on any atom is 0.337 e. The first-order valence-electron chi connectivity index (χ1n) is 8.13. The molecule has 2 atom stereocenters. The molecule has 5 nitrogen and oxygen atoms in total. The van der Waals surface area contributed by atoms with Crippen LogP contribution in [0.25, 0.3) is 11.0 Å². The fourth-order valence-corrected chi connectivity index (χ4v) is 4.23. The molecule has 1 saturated carbocycles. The lowest BCUT2D eigenvalue weighted by Gasteiger charge is -2.39. The van der Waals surface area contributed by atoms with Crippen molar-refractivity contribution in [1.29, 1.82) is 0 Å². The van der Waals surface area contributed by atoms with E-state index in [1.165, 1.54) is 13.5 Å². The predicted octanol–water partition coefficient (Wildman–Crippen LogP) is 3.50. The number of esters is 1. The van der Waals surface area contributed by atoms with Crippen LogP contribution in [0.5, 0.6) is 0 Å². The lowest BCUT2D eigenvalue weighted by molar-refractivity contribution is 0.0601. The Balaban J connectivity index is 2.06. The van der Waals surface area contributed by atoms with Gasteiger partial charge in [0.25, 0.3) is 0 Å². The number of nitrogens with one attached hydrogen (secondary N) is 1. The van der Waals surface area contributed by atoms with Gasteiger partial charge in [0.15, 0.2) is 0 Å². The number of nitrogens with zero attached hydrogens (tertiary/aromatic N) is 1. The number of rotatable bonds is 2. The van der Waals surface area contributed by atoms with E-state index in [4.69, 9.17) is 4.74 Å². The SMILES string of the molecule is COC(=O)c1ccc2c(c1)[nH]c(=O)n2[C@@H]1C[C@H](C)CC(C)(C)C1. The molecule has 124 valence electrons. The van der Waals surface area contributed by atoms with Gasteiger partial charge in [0.1, 0.15) is 0 Å². The van der Waals surface area contributed by atoms with E-state index < -0.39 is 5.97 Å². The second-order valence-corrected chi connectivity index (χ2v) is 7.59. The quantitative estimate of drug-likeness (QED) is 0.862. The predicted molar refractivity (Wildman–Crippen MR) is 89.7 cm³/mol.